The van der Waals surface area contributed by atoms with Gasteiger partial charge in [-0.15, -0.1) is 0 Å². The summed E-state index contributed by atoms with van der Waals surface area (Å²) in [5, 5.41) is 0. The van der Waals surface area contributed by atoms with E-state index in [9.17, 15) is 0 Å². The van der Waals surface area contributed by atoms with Crippen molar-refractivity contribution in [3.63, 3.8) is 0 Å². The molecule has 0 saturated heterocycles. The molecule has 4 heteroatoms. The normalized spacial score (nSPS) is 0. The summed E-state index contributed by atoms with van der Waals surface area (Å²) in [6.45, 7) is 0. The van der Waals surface area contributed by atoms with Crippen molar-refractivity contribution in [2.75, 3.05) is 0 Å². The van der Waals surface area contributed by atoms with Crippen LogP contribution in [0.15, 0.2) is 0 Å². The SMILES string of the molecule is [Al].[CaH2].[N].[Si]. The molecule has 0 aliphatic rings. The molecule has 0 rings (SSSR count). The molecule has 0 N–H and O–H groups in total. The fourth-order valence-corrected chi connectivity index (χ4v) is 0. The maximum atomic E-state index is 0. The molecule has 0 amide bonds. The molecule has 0 heterocycles. The van der Waals surface area contributed by atoms with Crippen molar-refractivity contribution in [3.8, 4) is 0 Å². The van der Waals surface area contributed by atoms with Crippen LogP contribution in [0.3, 0.4) is 0 Å². The summed E-state index contributed by atoms with van der Waals surface area (Å²) in [7, 11) is 0. The van der Waals surface area contributed by atoms with Crippen LogP contribution in [0.4, 0.5) is 0 Å². The average molecular weight is 111 g/mol. The number of hydrogen-bond donors (Lipinski definition) is 0. The minimum atomic E-state index is 0. The zero-order valence-corrected chi connectivity index (χ0v) is 3.68. The first kappa shape index (κ1) is 38.0. The summed E-state index contributed by atoms with van der Waals surface area (Å²) in [4.78, 5) is 0. The largest absolute Gasteiger partial charge is 0 e. The van der Waals surface area contributed by atoms with Crippen molar-refractivity contribution in [3.05, 3.63) is 0 Å². The van der Waals surface area contributed by atoms with Crippen LogP contribution in [-0.4, -0.2) is 66.1 Å². The fourth-order valence-electron chi connectivity index (χ4n) is 0. The molecule has 0 bridgehead atoms. The second-order valence-corrected chi connectivity index (χ2v) is 0. The minimum absolute atomic E-state index is 0. The Morgan fingerprint density at radius 3 is 1.00 bits per heavy atom. The molecule has 0 aliphatic carbocycles. The van der Waals surface area contributed by atoms with Crippen molar-refractivity contribution in [2.45, 2.75) is 0 Å². The van der Waals surface area contributed by atoms with E-state index in [2.05, 4.69) is 0 Å². The molecule has 0 atom stereocenters. The van der Waals surface area contributed by atoms with E-state index in [-0.39, 0.29) is 72.2 Å². The van der Waals surface area contributed by atoms with Crippen LogP contribution in [-0.2, 0) is 0 Å². The summed E-state index contributed by atoms with van der Waals surface area (Å²) >= 11 is 0. The van der Waals surface area contributed by atoms with E-state index in [1.807, 2.05) is 0 Å². The van der Waals surface area contributed by atoms with Gasteiger partial charge in [0.05, 0.1) is 0 Å². The third kappa shape index (κ3) is 9.02. The van der Waals surface area contributed by atoms with Crippen LogP contribution in [0, 0.1) is 0 Å². The standard InChI is InChI=1S/Al.Ca.N.Si.2H. The van der Waals surface area contributed by atoms with Gasteiger partial charge in [-0.25, -0.2) is 0 Å². The molecule has 0 aromatic heterocycles. The Balaban J connectivity index is 0. The van der Waals surface area contributed by atoms with Gasteiger partial charge in [0.15, 0.2) is 0 Å². The van der Waals surface area contributed by atoms with Crippen molar-refractivity contribution >= 4 is 66.1 Å². The van der Waals surface area contributed by atoms with Gasteiger partial charge in [-0.1, -0.05) is 0 Å². The van der Waals surface area contributed by atoms with Gasteiger partial charge in [0.25, 0.3) is 0 Å². The van der Waals surface area contributed by atoms with Gasteiger partial charge >= 0.3 is 37.7 Å². The molecule has 16 valence electrons. The van der Waals surface area contributed by atoms with E-state index in [0.29, 0.717) is 0 Å². The second-order valence-electron chi connectivity index (χ2n) is 0. The maximum Gasteiger partial charge on any atom is 0 e. The number of nitrogens with zero attached hydrogens (tertiary/aromatic N) is 1. The monoisotopic (exact) mass is 111 g/mol. The molecule has 0 saturated carbocycles. The van der Waals surface area contributed by atoms with E-state index >= 15 is 0 Å². The van der Waals surface area contributed by atoms with Gasteiger partial charge in [-0.05, 0) is 0 Å². The maximum absolute atomic E-state index is 0. The molecular weight excluding hydrogens is 109 g/mol. The van der Waals surface area contributed by atoms with Gasteiger partial charge in [-0.3, -0.25) is 0 Å². The van der Waals surface area contributed by atoms with Gasteiger partial charge in [0.1, 0.15) is 0 Å². The smallest absolute Gasteiger partial charge is 0 e. The Morgan fingerprint density at radius 2 is 1.00 bits per heavy atom. The van der Waals surface area contributed by atoms with E-state index in [4.69, 9.17) is 0 Å². The van der Waals surface area contributed by atoms with Gasteiger partial charge < -0.3 is 0 Å². The van der Waals surface area contributed by atoms with Crippen LogP contribution >= 0.6 is 0 Å². The van der Waals surface area contributed by atoms with Crippen molar-refractivity contribution in [1.29, 1.82) is 0 Å². The molecule has 4 heavy (non-hydrogen) atoms. The van der Waals surface area contributed by atoms with Crippen LogP contribution in [0.2, 0.25) is 0 Å². The van der Waals surface area contributed by atoms with Gasteiger partial charge in [-0.2, -0.15) is 0 Å². The van der Waals surface area contributed by atoms with E-state index < -0.39 is 0 Å². The molecule has 0 fully saturated rings. The Kier molecular flexibility index (Phi) is 192. The molecule has 0 aliphatic heterocycles. The first-order valence-corrected chi connectivity index (χ1v) is 0. The minimum Gasteiger partial charge on any atom is 0 e. The first-order valence-electron chi connectivity index (χ1n) is 0. The third-order valence-corrected chi connectivity index (χ3v) is 0. The first-order chi connectivity index (χ1) is 0. The third-order valence-electron chi connectivity index (χ3n) is 0. The second kappa shape index (κ2) is 20.2. The van der Waals surface area contributed by atoms with Crippen LogP contribution < -0.4 is 6.15 Å². The Labute approximate surface area is 71.3 Å². The molecular formula is H2AlCaNSi. The summed E-state index contributed by atoms with van der Waals surface area (Å²) in [6.07, 6.45) is 0. The summed E-state index contributed by atoms with van der Waals surface area (Å²) < 4.78 is 0. The van der Waals surface area contributed by atoms with Crippen molar-refractivity contribution in [2.24, 2.45) is 0 Å². The molecule has 0 unspecified atom stereocenters. The molecule has 10 radical (unpaired) electrons. The molecule has 0 spiro atoms. The van der Waals surface area contributed by atoms with Gasteiger partial charge in [0.2, 0.25) is 0 Å². The van der Waals surface area contributed by atoms with Gasteiger partial charge in [0, 0.05) is 34.5 Å². The molecule has 0 aromatic rings. The number of hydrogen-bond acceptors (Lipinski definition) is 0. The van der Waals surface area contributed by atoms with E-state index in [1.54, 1.807) is 0 Å². The Morgan fingerprint density at radius 1 is 1.00 bits per heavy atom. The topological polar surface area (TPSA) is 30.5 Å². The van der Waals surface area contributed by atoms with Crippen molar-refractivity contribution < 1.29 is 0 Å². The quantitative estimate of drug-likeness (QED) is 0.319. The van der Waals surface area contributed by atoms with Crippen LogP contribution in [0.5, 0.6) is 0 Å². The predicted molar refractivity (Wildman–Crippen MR) is 22.2 cm³/mol. The Bertz CT molecular complexity index is 8.00. The molecule has 1 nitrogen and oxygen atoms in total. The van der Waals surface area contributed by atoms with Crippen LogP contribution in [0.25, 0.3) is 0 Å². The zero-order chi connectivity index (χ0) is 0. The zero-order valence-electron chi connectivity index (χ0n) is 1.52. The van der Waals surface area contributed by atoms with Crippen LogP contribution in [0.1, 0.15) is 0 Å². The summed E-state index contributed by atoms with van der Waals surface area (Å²) in [6, 6.07) is 0. The Hall–Kier alpha value is 1.97. The summed E-state index contributed by atoms with van der Waals surface area (Å²) in [5.74, 6) is 0. The molecule has 0 aromatic carbocycles. The average Bonchev–Trinajstić information content (AvgIpc) is 0. The number of rotatable bonds is 0. The van der Waals surface area contributed by atoms with E-state index in [0.717, 1.165) is 0 Å². The van der Waals surface area contributed by atoms with Crippen molar-refractivity contribution in [1.82, 2.24) is 6.15 Å². The van der Waals surface area contributed by atoms with E-state index in [1.165, 1.54) is 0 Å². The fraction of sp³-hybridized carbons (Fsp3) is 0. The predicted octanol–water partition coefficient (Wildman–Crippen LogP) is -2.16. The summed E-state index contributed by atoms with van der Waals surface area (Å²) in [5.41, 5.74) is 0.